The second-order valence-electron chi connectivity index (χ2n) is 7.82. The number of amides is 3. The fraction of sp³-hybridized carbons (Fsp3) is 0.192. The summed E-state index contributed by atoms with van der Waals surface area (Å²) in [5.41, 5.74) is 8.99. The maximum atomic E-state index is 13.5. The van der Waals surface area contributed by atoms with Gasteiger partial charge in [-0.05, 0) is 34.4 Å². The molecule has 0 saturated heterocycles. The van der Waals surface area contributed by atoms with Crippen molar-refractivity contribution < 1.29 is 18.8 Å². The van der Waals surface area contributed by atoms with E-state index < -0.39 is 35.6 Å². The minimum absolute atomic E-state index is 0.0699. The van der Waals surface area contributed by atoms with Gasteiger partial charge in [-0.3, -0.25) is 14.4 Å². The maximum absolute atomic E-state index is 13.5. The van der Waals surface area contributed by atoms with Crippen LogP contribution in [0.5, 0.6) is 0 Å². The SMILES string of the molecule is CC(=O)N[C@H](Cc1cccc(F)c1)C(=O)N[C@H](Cc1ccc(-c2ccccc2)cc1)C(N)=O. The number of hydrogen-bond donors (Lipinski definition) is 3. The first-order valence-corrected chi connectivity index (χ1v) is 10.6. The van der Waals surface area contributed by atoms with Crippen LogP contribution in [0.4, 0.5) is 4.39 Å². The summed E-state index contributed by atoms with van der Waals surface area (Å²) in [6, 6.07) is 21.3. The summed E-state index contributed by atoms with van der Waals surface area (Å²) in [7, 11) is 0. The predicted molar refractivity (Wildman–Crippen MR) is 124 cm³/mol. The first-order chi connectivity index (χ1) is 15.8. The highest BCUT2D eigenvalue weighted by atomic mass is 19.1. The number of carbonyl (C=O) groups excluding carboxylic acids is 3. The number of hydrogen-bond acceptors (Lipinski definition) is 3. The molecule has 2 atom stereocenters. The van der Waals surface area contributed by atoms with E-state index in [-0.39, 0.29) is 12.8 Å². The molecule has 0 aliphatic carbocycles. The molecule has 0 aliphatic rings. The number of primary amides is 1. The lowest BCUT2D eigenvalue weighted by Gasteiger charge is -2.22. The van der Waals surface area contributed by atoms with Gasteiger partial charge in [0.25, 0.3) is 0 Å². The molecule has 0 unspecified atom stereocenters. The predicted octanol–water partition coefficient (Wildman–Crippen LogP) is 2.75. The third-order valence-corrected chi connectivity index (χ3v) is 5.18. The van der Waals surface area contributed by atoms with Gasteiger partial charge in [0.1, 0.15) is 17.9 Å². The topological polar surface area (TPSA) is 101 Å². The monoisotopic (exact) mass is 447 g/mol. The van der Waals surface area contributed by atoms with Crippen LogP contribution in [-0.2, 0) is 27.2 Å². The molecule has 0 radical (unpaired) electrons. The van der Waals surface area contributed by atoms with Crippen molar-refractivity contribution in [2.24, 2.45) is 5.73 Å². The molecule has 7 heteroatoms. The van der Waals surface area contributed by atoms with Crippen molar-refractivity contribution in [2.75, 3.05) is 0 Å². The summed E-state index contributed by atoms with van der Waals surface area (Å²) in [5, 5.41) is 5.19. The average molecular weight is 448 g/mol. The van der Waals surface area contributed by atoms with Crippen LogP contribution in [0.15, 0.2) is 78.9 Å². The molecule has 3 rings (SSSR count). The smallest absolute Gasteiger partial charge is 0.243 e. The van der Waals surface area contributed by atoms with E-state index in [4.69, 9.17) is 5.73 Å². The Kier molecular flexibility index (Phi) is 7.91. The highest BCUT2D eigenvalue weighted by Gasteiger charge is 2.25. The molecule has 3 aromatic carbocycles. The third-order valence-electron chi connectivity index (χ3n) is 5.18. The van der Waals surface area contributed by atoms with E-state index in [1.165, 1.54) is 25.1 Å². The molecular weight excluding hydrogens is 421 g/mol. The van der Waals surface area contributed by atoms with Crippen LogP contribution in [0.2, 0.25) is 0 Å². The van der Waals surface area contributed by atoms with Gasteiger partial charge in [-0.2, -0.15) is 0 Å². The Balaban J connectivity index is 1.70. The van der Waals surface area contributed by atoms with Crippen molar-refractivity contribution in [3.63, 3.8) is 0 Å². The van der Waals surface area contributed by atoms with Gasteiger partial charge in [0.05, 0.1) is 0 Å². The number of halogens is 1. The van der Waals surface area contributed by atoms with Crippen molar-refractivity contribution in [2.45, 2.75) is 31.8 Å². The van der Waals surface area contributed by atoms with Gasteiger partial charge in [0, 0.05) is 19.8 Å². The van der Waals surface area contributed by atoms with Crippen LogP contribution >= 0.6 is 0 Å². The average Bonchev–Trinajstić information content (AvgIpc) is 2.79. The van der Waals surface area contributed by atoms with E-state index in [9.17, 15) is 18.8 Å². The van der Waals surface area contributed by atoms with Crippen molar-refractivity contribution in [3.8, 4) is 11.1 Å². The maximum Gasteiger partial charge on any atom is 0.243 e. The van der Waals surface area contributed by atoms with Crippen LogP contribution in [-0.4, -0.2) is 29.8 Å². The second-order valence-corrected chi connectivity index (χ2v) is 7.82. The Hall–Kier alpha value is -4.00. The van der Waals surface area contributed by atoms with E-state index in [0.717, 1.165) is 16.7 Å². The van der Waals surface area contributed by atoms with Crippen molar-refractivity contribution >= 4 is 17.7 Å². The molecule has 3 amide bonds. The summed E-state index contributed by atoms with van der Waals surface area (Å²) in [5.74, 6) is -2.12. The zero-order valence-electron chi connectivity index (χ0n) is 18.3. The summed E-state index contributed by atoms with van der Waals surface area (Å²) in [6.07, 6.45) is 0.267. The summed E-state index contributed by atoms with van der Waals surface area (Å²) in [6.45, 7) is 1.28. The minimum atomic E-state index is -0.980. The van der Waals surface area contributed by atoms with Crippen molar-refractivity contribution in [1.29, 1.82) is 0 Å². The van der Waals surface area contributed by atoms with E-state index in [1.807, 2.05) is 54.6 Å². The number of nitrogens with one attached hydrogen (secondary N) is 2. The van der Waals surface area contributed by atoms with Gasteiger partial charge in [0.15, 0.2) is 0 Å². The zero-order chi connectivity index (χ0) is 23.8. The van der Waals surface area contributed by atoms with Crippen LogP contribution in [0, 0.1) is 5.82 Å². The summed E-state index contributed by atoms with van der Waals surface area (Å²) < 4.78 is 13.5. The van der Waals surface area contributed by atoms with E-state index >= 15 is 0 Å². The van der Waals surface area contributed by atoms with Gasteiger partial charge in [-0.1, -0.05) is 66.7 Å². The fourth-order valence-corrected chi connectivity index (χ4v) is 3.55. The highest BCUT2D eigenvalue weighted by Crippen LogP contribution is 2.19. The summed E-state index contributed by atoms with van der Waals surface area (Å²) in [4.78, 5) is 36.5. The Labute approximate surface area is 192 Å². The molecule has 0 aromatic heterocycles. The lowest BCUT2D eigenvalue weighted by atomic mass is 9.99. The quantitative estimate of drug-likeness (QED) is 0.470. The number of benzene rings is 3. The molecule has 0 bridgehead atoms. The van der Waals surface area contributed by atoms with Gasteiger partial charge < -0.3 is 16.4 Å². The molecule has 0 spiro atoms. The molecule has 3 aromatic rings. The molecule has 4 N–H and O–H groups in total. The standard InChI is InChI=1S/C26H26FN3O3/c1-17(31)29-24(16-19-6-5-9-22(27)14-19)26(33)30-23(25(28)32)15-18-10-12-21(13-11-18)20-7-3-2-4-8-20/h2-14,23-24H,15-16H2,1H3,(H2,28,32)(H,29,31)(H,30,33)/t23-,24-/m1/s1. The highest BCUT2D eigenvalue weighted by molar-refractivity contribution is 5.91. The summed E-state index contributed by atoms with van der Waals surface area (Å²) >= 11 is 0. The van der Waals surface area contributed by atoms with E-state index in [1.54, 1.807) is 6.07 Å². The third kappa shape index (κ3) is 7.00. The molecule has 0 saturated carbocycles. The number of rotatable bonds is 9. The molecule has 6 nitrogen and oxygen atoms in total. The van der Waals surface area contributed by atoms with Crippen molar-refractivity contribution in [1.82, 2.24) is 10.6 Å². The van der Waals surface area contributed by atoms with Crippen molar-refractivity contribution in [3.05, 3.63) is 95.8 Å². The van der Waals surface area contributed by atoms with Gasteiger partial charge in [-0.25, -0.2) is 4.39 Å². The lowest BCUT2D eigenvalue weighted by Crippen LogP contribution is -2.54. The largest absolute Gasteiger partial charge is 0.368 e. The Bertz CT molecular complexity index is 1120. The first kappa shape index (κ1) is 23.7. The fourth-order valence-electron chi connectivity index (χ4n) is 3.55. The second kappa shape index (κ2) is 11.0. The normalized spacial score (nSPS) is 12.4. The van der Waals surface area contributed by atoms with Crippen LogP contribution in [0.3, 0.4) is 0 Å². The zero-order valence-corrected chi connectivity index (χ0v) is 18.3. The van der Waals surface area contributed by atoms with Gasteiger partial charge >= 0.3 is 0 Å². The van der Waals surface area contributed by atoms with Crippen LogP contribution in [0.25, 0.3) is 11.1 Å². The van der Waals surface area contributed by atoms with E-state index in [2.05, 4.69) is 10.6 Å². The Morgan fingerprint density at radius 2 is 1.42 bits per heavy atom. The Morgan fingerprint density at radius 3 is 2.03 bits per heavy atom. The first-order valence-electron chi connectivity index (χ1n) is 10.6. The number of nitrogens with two attached hydrogens (primary N) is 1. The van der Waals surface area contributed by atoms with Gasteiger partial charge in [-0.15, -0.1) is 0 Å². The van der Waals surface area contributed by atoms with Crippen LogP contribution < -0.4 is 16.4 Å². The van der Waals surface area contributed by atoms with E-state index in [0.29, 0.717) is 5.56 Å². The van der Waals surface area contributed by atoms with Gasteiger partial charge in [0.2, 0.25) is 17.7 Å². The molecule has 33 heavy (non-hydrogen) atoms. The molecule has 170 valence electrons. The van der Waals surface area contributed by atoms with Crippen LogP contribution in [0.1, 0.15) is 18.1 Å². The lowest BCUT2D eigenvalue weighted by molar-refractivity contribution is -0.130. The molecular formula is C26H26FN3O3. The molecule has 0 fully saturated rings. The number of carbonyl (C=O) groups is 3. The molecule has 0 heterocycles. The molecule has 0 aliphatic heterocycles. The minimum Gasteiger partial charge on any atom is -0.368 e. The Morgan fingerprint density at radius 1 is 0.788 bits per heavy atom.